The van der Waals surface area contributed by atoms with E-state index in [4.69, 9.17) is 7.85 Å². The largest absolute Gasteiger partial charge is 0.144 e. The molecule has 0 aliphatic carbocycles. The average Bonchev–Trinajstić information content (AvgIpc) is 1.83. The van der Waals surface area contributed by atoms with Crippen molar-refractivity contribution in [2.45, 2.75) is 11.8 Å². The molecule has 1 aromatic rings. The van der Waals surface area contributed by atoms with Crippen molar-refractivity contribution < 1.29 is 0 Å². The number of rotatable bonds is 0. The summed E-state index contributed by atoms with van der Waals surface area (Å²) >= 11 is 4.19. The van der Waals surface area contributed by atoms with Gasteiger partial charge in [-0.25, -0.2) is 0 Å². The van der Waals surface area contributed by atoms with E-state index in [1.165, 1.54) is 0 Å². The van der Waals surface area contributed by atoms with Crippen molar-refractivity contribution in [3.63, 3.8) is 0 Å². The van der Waals surface area contributed by atoms with E-state index >= 15 is 0 Å². The van der Waals surface area contributed by atoms with Gasteiger partial charge in [-0.2, -0.15) is 0 Å². The Kier molecular flexibility index (Phi) is 1.86. The zero-order chi connectivity index (χ0) is 6.85. The van der Waals surface area contributed by atoms with Crippen molar-refractivity contribution in [3.8, 4) is 0 Å². The minimum Gasteiger partial charge on any atom is -0.144 e. The van der Waals surface area contributed by atoms with Gasteiger partial charge in [0.2, 0.25) is 0 Å². The SMILES string of the molecule is [B]c1cccc(C)c1S. The van der Waals surface area contributed by atoms with Gasteiger partial charge in [-0.1, -0.05) is 23.7 Å². The Labute approximate surface area is 62.1 Å². The summed E-state index contributed by atoms with van der Waals surface area (Å²) in [6.07, 6.45) is 0. The average molecular weight is 134 g/mol. The zero-order valence-corrected chi connectivity index (χ0v) is 6.15. The second kappa shape index (κ2) is 2.48. The molecule has 0 unspecified atom stereocenters. The molecule has 1 aromatic carbocycles. The molecule has 2 radical (unpaired) electrons. The maximum absolute atomic E-state index is 5.54. The Morgan fingerprint density at radius 1 is 1.44 bits per heavy atom. The molecule has 0 aliphatic heterocycles. The monoisotopic (exact) mass is 134 g/mol. The minimum atomic E-state index is 0.748. The number of hydrogen-bond acceptors (Lipinski definition) is 1. The predicted octanol–water partition coefficient (Wildman–Crippen LogP) is 1.08. The van der Waals surface area contributed by atoms with Crippen LogP contribution in [0.3, 0.4) is 0 Å². The van der Waals surface area contributed by atoms with E-state index in [2.05, 4.69) is 12.6 Å². The highest BCUT2D eigenvalue weighted by Crippen LogP contribution is 2.06. The summed E-state index contributed by atoms with van der Waals surface area (Å²) in [5.41, 5.74) is 1.87. The van der Waals surface area contributed by atoms with Gasteiger partial charge in [-0.05, 0) is 17.4 Å². The lowest BCUT2D eigenvalue weighted by Crippen LogP contribution is -2.04. The van der Waals surface area contributed by atoms with Gasteiger partial charge in [-0.15, -0.1) is 12.6 Å². The molecular weight excluding hydrogens is 127 g/mol. The lowest BCUT2D eigenvalue weighted by molar-refractivity contribution is 1.35. The standard InChI is InChI=1S/C7H7BS/c1-5-3-2-4-6(8)7(5)9/h2-4,9H,1H3. The van der Waals surface area contributed by atoms with Crippen molar-refractivity contribution >= 4 is 25.9 Å². The van der Waals surface area contributed by atoms with Crippen LogP contribution in [0.5, 0.6) is 0 Å². The maximum Gasteiger partial charge on any atom is 0.115 e. The number of aryl methyl sites for hydroxylation is 1. The van der Waals surface area contributed by atoms with Gasteiger partial charge < -0.3 is 0 Å². The highest BCUT2D eigenvalue weighted by atomic mass is 32.1. The van der Waals surface area contributed by atoms with Crippen molar-refractivity contribution in [1.82, 2.24) is 0 Å². The van der Waals surface area contributed by atoms with Crippen LogP contribution in [0.4, 0.5) is 0 Å². The Morgan fingerprint density at radius 2 is 2.11 bits per heavy atom. The van der Waals surface area contributed by atoms with Crippen molar-refractivity contribution in [3.05, 3.63) is 23.8 Å². The van der Waals surface area contributed by atoms with Gasteiger partial charge in [-0.3, -0.25) is 0 Å². The zero-order valence-electron chi connectivity index (χ0n) is 5.26. The molecule has 0 aliphatic rings. The molecule has 0 atom stereocenters. The first kappa shape index (κ1) is 6.75. The summed E-state index contributed by atoms with van der Waals surface area (Å²) in [5.74, 6) is 0. The first-order chi connectivity index (χ1) is 4.22. The fourth-order valence-corrected chi connectivity index (χ4v) is 0.831. The van der Waals surface area contributed by atoms with Gasteiger partial charge in [0.05, 0.1) is 0 Å². The van der Waals surface area contributed by atoms with Gasteiger partial charge in [0, 0.05) is 0 Å². The van der Waals surface area contributed by atoms with Gasteiger partial charge in [0.15, 0.2) is 0 Å². The lowest BCUT2D eigenvalue weighted by atomic mass is 9.95. The highest BCUT2D eigenvalue weighted by molar-refractivity contribution is 7.80. The molecule has 2 heteroatoms. The molecule has 0 nitrogen and oxygen atoms in total. The first-order valence-corrected chi connectivity index (χ1v) is 3.20. The van der Waals surface area contributed by atoms with Crippen LogP contribution in [0.15, 0.2) is 23.1 Å². The Morgan fingerprint density at radius 3 is 2.56 bits per heavy atom. The summed E-state index contributed by atoms with van der Waals surface area (Å²) in [4.78, 5) is 0.887. The molecule has 1 rings (SSSR count). The molecule has 44 valence electrons. The maximum atomic E-state index is 5.54. The number of hydrogen-bond donors (Lipinski definition) is 1. The molecule has 0 heterocycles. The van der Waals surface area contributed by atoms with E-state index in [0.29, 0.717) is 0 Å². The van der Waals surface area contributed by atoms with E-state index in [0.717, 1.165) is 15.9 Å². The third kappa shape index (κ3) is 1.30. The second-order valence-corrected chi connectivity index (χ2v) is 2.46. The molecule has 0 bridgehead atoms. The van der Waals surface area contributed by atoms with Gasteiger partial charge in [0.25, 0.3) is 0 Å². The minimum absolute atomic E-state index is 0.748. The molecule has 0 amide bonds. The molecule has 9 heavy (non-hydrogen) atoms. The van der Waals surface area contributed by atoms with Gasteiger partial charge >= 0.3 is 0 Å². The molecule has 0 N–H and O–H groups in total. The summed E-state index contributed by atoms with van der Waals surface area (Å²) in [7, 11) is 5.54. The van der Waals surface area contributed by atoms with Crippen LogP contribution in [0, 0.1) is 6.92 Å². The fraction of sp³-hybridized carbons (Fsp3) is 0.143. The van der Waals surface area contributed by atoms with Crippen molar-refractivity contribution in [2.24, 2.45) is 0 Å². The van der Waals surface area contributed by atoms with E-state index in [-0.39, 0.29) is 0 Å². The van der Waals surface area contributed by atoms with E-state index in [1.807, 2.05) is 25.1 Å². The third-order valence-corrected chi connectivity index (χ3v) is 1.88. The van der Waals surface area contributed by atoms with E-state index in [1.54, 1.807) is 0 Å². The molecule has 0 spiro atoms. The molecule has 0 fully saturated rings. The van der Waals surface area contributed by atoms with Crippen LogP contribution in [-0.2, 0) is 0 Å². The second-order valence-electron chi connectivity index (χ2n) is 2.01. The first-order valence-electron chi connectivity index (χ1n) is 2.76. The quantitative estimate of drug-likeness (QED) is 0.398. The van der Waals surface area contributed by atoms with Crippen LogP contribution in [0.1, 0.15) is 5.56 Å². The number of benzene rings is 1. The highest BCUT2D eigenvalue weighted by Gasteiger charge is 1.92. The van der Waals surface area contributed by atoms with E-state index < -0.39 is 0 Å². The van der Waals surface area contributed by atoms with Crippen molar-refractivity contribution in [2.75, 3.05) is 0 Å². The van der Waals surface area contributed by atoms with E-state index in [9.17, 15) is 0 Å². The summed E-state index contributed by atoms with van der Waals surface area (Å²) in [5, 5.41) is 0. The predicted molar refractivity (Wildman–Crippen MR) is 43.8 cm³/mol. The van der Waals surface area contributed by atoms with Crippen LogP contribution in [0.25, 0.3) is 0 Å². The summed E-state index contributed by atoms with van der Waals surface area (Å²) in [6.45, 7) is 1.98. The Bertz CT molecular complexity index is 200. The molecule has 0 saturated heterocycles. The smallest absolute Gasteiger partial charge is 0.115 e. The van der Waals surface area contributed by atoms with Crippen LogP contribution in [-0.4, -0.2) is 7.85 Å². The molecular formula is C7H7BS. The third-order valence-electron chi connectivity index (χ3n) is 1.27. The lowest BCUT2D eigenvalue weighted by Gasteiger charge is -2.00. The van der Waals surface area contributed by atoms with Crippen LogP contribution >= 0.6 is 12.6 Å². The normalized spacial score (nSPS) is 9.56. The summed E-state index contributed by atoms with van der Waals surface area (Å²) < 4.78 is 0. The number of thiol groups is 1. The molecule has 0 aromatic heterocycles. The summed E-state index contributed by atoms with van der Waals surface area (Å²) in [6, 6.07) is 5.75. The fourth-order valence-electron chi connectivity index (χ4n) is 0.682. The van der Waals surface area contributed by atoms with Crippen LogP contribution < -0.4 is 5.46 Å². The Hall–Kier alpha value is -0.365. The topological polar surface area (TPSA) is 0 Å². The Balaban J connectivity index is 3.25. The molecule has 0 saturated carbocycles. The van der Waals surface area contributed by atoms with Crippen molar-refractivity contribution in [1.29, 1.82) is 0 Å². The van der Waals surface area contributed by atoms with Gasteiger partial charge in [0.1, 0.15) is 7.85 Å². The van der Waals surface area contributed by atoms with Crippen LogP contribution in [0.2, 0.25) is 0 Å².